The Morgan fingerprint density at radius 2 is 2.05 bits per heavy atom. The van der Waals surface area contributed by atoms with Crippen LogP contribution in [0.15, 0.2) is 36.4 Å². The van der Waals surface area contributed by atoms with E-state index in [4.69, 9.17) is 0 Å². The van der Waals surface area contributed by atoms with E-state index >= 15 is 0 Å². The van der Waals surface area contributed by atoms with E-state index in [0.717, 1.165) is 11.3 Å². The first-order chi connectivity index (χ1) is 10.6. The van der Waals surface area contributed by atoms with Crippen LogP contribution in [0.4, 0.5) is 0 Å². The molecule has 1 aromatic carbocycles. The Hall–Kier alpha value is -2.14. The summed E-state index contributed by atoms with van der Waals surface area (Å²) in [6.07, 6.45) is 0.700. The predicted octanol–water partition coefficient (Wildman–Crippen LogP) is 2.14. The second-order valence-corrected chi connectivity index (χ2v) is 5.46. The van der Waals surface area contributed by atoms with Gasteiger partial charge in [-0.05, 0) is 25.0 Å². The van der Waals surface area contributed by atoms with Crippen LogP contribution in [0.1, 0.15) is 35.1 Å². The molecular formula is C17H23N3O2. The number of nitrogens with zero attached hydrogens (tertiary/aromatic N) is 3. The van der Waals surface area contributed by atoms with Gasteiger partial charge in [0.1, 0.15) is 5.69 Å². The summed E-state index contributed by atoms with van der Waals surface area (Å²) in [5, 5.41) is 13.9. The molecule has 1 aromatic heterocycles. The van der Waals surface area contributed by atoms with Gasteiger partial charge in [-0.3, -0.25) is 9.48 Å². The number of carbonyl (C=O) groups excluding carboxylic acids is 1. The van der Waals surface area contributed by atoms with Crippen LogP contribution in [0.2, 0.25) is 0 Å². The molecule has 1 N–H and O–H groups in total. The number of aliphatic hydroxyl groups excluding tert-OH is 1. The Bertz CT molecular complexity index is 618. The average Bonchev–Trinajstić information content (AvgIpc) is 2.86. The molecule has 1 atom stereocenters. The second-order valence-electron chi connectivity index (χ2n) is 5.46. The third-order valence-corrected chi connectivity index (χ3v) is 3.80. The van der Waals surface area contributed by atoms with Crippen LogP contribution in [-0.4, -0.2) is 38.3 Å². The molecule has 0 aliphatic rings. The summed E-state index contributed by atoms with van der Waals surface area (Å²) in [6.45, 7) is 4.26. The number of hydrogen-bond donors (Lipinski definition) is 1. The van der Waals surface area contributed by atoms with Crippen molar-refractivity contribution >= 4 is 5.91 Å². The van der Waals surface area contributed by atoms with Crippen molar-refractivity contribution in [3.05, 3.63) is 53.3 Å². The Balaban J connectivity index is 2.31. The zero-order valence-corrected chi connectivity index (χ0v) is 13.4. The van der Waals surface area contributed by atoms with E-state index < -0.39 is 0 Å². The number of aliphatic hydroxyl groups is 1. The standard InChI is InChI=1S/C17H23N3O2/c1-4-15(12-21)20(11-14-8-6-5-7-9-14)17(22)16-10-13(2)18-19(16)3/h5-10,15,21H,4,11-12H2,1-3H3/t15-/m1/s1. The molecule has 0 bridgehead atoms. The summed E-state index contributed by atoms with van der Waals surface area (Å²) in [6, 6.07) is 11.4. The molecule has 0 aliphatic heterocycles. The first-order valence-corrected chi connectivity index (χ1v) is 7.53. The van der Waals surface area contributed by atoms with Crippen molar-refractivity contribution in [2.24, 2.45) is 7.05 Å². The van der Waals surface area contributed by atoms with E-state index in [1.807, 2.05) is 44.2 Å². The summed E-state index contributed by atoms with van der Waals surface area (Å²) in [5.74, 6) is -0.104. The molecule has 5 heteroatoms. The van der Waals surface area contributed by atoms with E-state index in [2.05, 4.69) is 5.10 Å². The van der Waals surface area contributed by atoms with Crippen molar-refractivity contribution < 1.29 is 9.90 Å². The fraction of sp³-hybridized carbons (Fsp3) is 0.412. The fourth-order valence-electron chi connectivity index (χ4n) is 2.55. The third-order valence-electron chi connectivity index (χ3n) is 3.80. The van der Waals surface area contributed by atoms with Gasteiger partial charge < -0.3 is 10.0 Å². The van der Waals surface area contributed by atoms with E-state index in [0.29, 0.717) is 18.7 Å². The molecule has 0 saturated carbocycles. The van der Waals surface area contributed by atoms with Gasteiger partial charge in [-0.15, -0.1) is 0 Å². The van der Waals surface area contributed by atoms with Crippen molar-refractivity contribution in [2.45, 2.75) is 32.9 Å². The van der Waals surface area contributed by atoms with Crippen LogP contribution in [0.25, 0.3) is 0 Å². The Morgan fingerprint density at radius 3 is 2.55 bits per heavy atom. The highest BCUT2D eigenvalue weighted by atomic mass is 16.3. The number of amides is 1. The quantitative estimate of drug-likeness (QED) is 0.889. The highest BCUT2D eigenvalue weighted by molar-refractivity contribution is 5.93. The highest BCUT2D eigenvalue weighted by Crippen LogP contribution is 2.16. The maximum Gasteiger partial charge on any atom is 0.272 e. The zero-order chi connectivity index (χ0) is 16.1. The van der Waals surface area contributed by atoms with Gasteiger partial charge in [0.25, 0.3) is 5.91 Å². The lowest BCUT2D eigenvalue weighted by atomic mass is 10.1. The number of rotatable bonds is 6. The smallest absolute Gasteiger partial charge is 0.272 e. The van der Waals surface area contributed by atoms with E-state index in [9.17, 15) is 9.90 Å². The topological polar surface area (TPSA) is 58.4 Å². The lowest BCUT2D eigenvalue weighted by Crippen LogP contribution is -2.42. The molecule has 2 aromatic rings. The van der Waals surface area contributed by atoms with Crippen molar-refractivity contribution in [2.75, 3.05) is 6.61 Å². The summed E-state index contributed by atoms with van der Waals surface area (Å²) in [5.41, 5.74) is 2.39. The van der Waals surface area contributed by atoms with Crippen LogP contribution in [-0.2, 0) is 13.6 Å². The number of aromatic nitrogens is 2. The fourth-order valence-corrected chi connectivity index (χ4v) is 2.55. The monoisotopic (exact) mass is 301 g/mol. The van der Waals surface area contributed by atoms with Gasteiger partial charge in [-0.1, -0.05) is 37.3 Å². The number of hydrogen-bond acceptors (Lipinski definition) is 3. The van der Waals surface area contributed by atoms with Gasteiger partial charge in [0, 0.05) is 13.6 Å². The first-order valence-electron chi connectivity index (χ1n) is 7.53. The summed E-state index contributed by atoms with van der Waals surface area (Å²) in [4.78, 5) is 14.6. The second kappa shape index (κ2) is 7.22. The van der Waals surface area contributed by atoms with Gasteiger partial charge >= 0.3 is 0 Å². The van der Waals surface area contributed by atoms with Gasteiger partial charge in [-0.2, -0.15) is 5.10 Å². The predicted molar refractivity (Wildman–Crippen MR) is 85.4 cm³/mol. The SMILES string of the molecule is CC[C@H](CO)N(Cc1ccccc1)C(=O)c1cc(C)nn1C. The lowest BCUT2D eigenvalue weighted by Gasteiger charge is -2.30. The van der Waals surface area contributed by atoms with Crippen LogP contribution in [0, 0.1) is 6.92 Å². The Morgan fingerprint density at radius 1 is 1.36 bits per heavy atom. The zero-order valence-electron chi connectivity index (χ0n) is 13.4. The molecule has 0 aliphatic carbocycles. The lowest BCUT2D eigenvalue weighted by molar-refractivity contribution is 0.0553. The maximum absolute atomic E-state index is 12.9. The summed E-state index contributed by atoms with van der Waals surface area (Å²) < 4.78 is 1.60. The molecule has 118 valence electrons. The molecule has 1 heterocycles. The van der Waals surface area contributed by atoms with Crippen molar-refractivity contribution in [1.82, 2.24) is 14.7 Å². The summed E-state index contributed by atoms with van der Waals surface area (Å²) in [7, 11) is 1.76. The molecule has 0 radical (unpaired) electrons. The van der Waals surface area contributed by atoms with E-state index in [1.54, 1.807) is 22.7 Å². The average molecular weight is 301 g/mol. The van der Waals surface area contributed by atoms with Gasteiger partial charge in [-0.25, -0.2) is 0 Å². The normalized spacial score (nSPS) is 12.2. The molecule has 0 saturated heterocycles. The van der Waals surface area contributed by atoms with Gasteiger partial charge in [0.2, 0.25) is 0 Å². The van der Waals surface area contributed by atoms with E-state index in [-0.39, 0.29) is 18.6 Å². The van der Waals surface area contributed by atoms with E-state index in [1.165, 1.54) is 0 Å². The van der Waals surface area contributed by atoms with Crippen LogP contribution < -0.4 is 0 Å². The van der Waals surface area contributed by atoms with Crippen LogP contribution in [0.3, 0.4) is 0 Å². The molecular weight excluding hydrogens is 278 g/mol. The highest BCUT2D eigenvalue weighted by Gasteiger charge is 2.25. The molecule has 2 rings (SSSR count). The minimum Gasteiger partial charge on any atom is -0.394 e. The van der Waals surface area contributed by atoms with Crippen LogP contribution in [0.5, 0.6) is 0 Å². The first kappa shape index (κ1) is 16.2. The largest absolute Gasteiger partial charge is 0.394 e. The van der Waals surface area contributed by atoms with Crippen molar-refractivity contribution in [1.29, 1.82) is 0 Å². The molecule has 0 unspecified atom stereocenters. The molecule has 5 nitrogen and oxygen atoms in total. The molecule has 22 heavy (non-hydrogen) atoms. The minimum atomic E-state index is -0.206. The minimum absolute atomic E-state index is 0.0497. The Kier molecular flexibility index (Phi) is 5.33. The van der Waals surface area contributed by atoms with Crippen molar-refractivity contribution in [3.63, 3.8) is 0 Å². The maximum atomic E-state index is 12.9. The number of benzene rings is 1. The molecule has 0 spiro atoms. The number of aryl methyl sites for hydroxylation is 2. The molecule has 1 amide bonds. The number of carbonyl (C=O) groups is 1. The third kappa shape index (κ3) is 3.54. The van der Waals surface area contributed by atoms with Crippen LogP contribution >= 0.6 is 0 Å². The molecule has 0 fully saturated rings. The Labute approximate surface area is 131 Å². The van der Waals surface area contributed by atoms with Crippen molar-refractivity contribution in [3.8, 4) is 0 Å². The summed E-state index contributed by atoms with van der Waals surface area (Å²) >= 11 is 0. The van der Waals surface area contributed by atoms with Gasteiger partial charge in [0.05, 0.1) is 18.3 Å². The van der Waals surface area contributed by atoms with Gasteiger partial charge in [0.15, 0.2) is 0 Å².